The van der Waals surface area contributed by atoms with Crippen molar-refractivity contribution in [1.82, 2.24) is 9.13 Å². The van der Waals surface area contributed by atoms with Crippen LogP contribution in [0.2, 0.25) is 0 Å². The molecule has 4 heterocycles. The molecular formula is C46H26N2O4. The molecule has 0 spiro atoms. The second kappa shape index (κ2) is 10.7. The van der Waals surface area contributed by atoms with E-state index >= 15 is 0 Å². The SMILES string of the molecule is O=C1Oc2cc3c(cc2=C1c1ccc(-n2c4ccccc4c4ccccc42)cc1)OC(=O)C=3c1ccc(-n2c3ccccc3c3ccccc32)cc1. The third kappa shape index (κ3) is 4.00. The molecule has 0 saturated heterocycles. The van der Waals surface area contributed by atoms with Crippen molar-refractivity contribution in [2.45, 2.75) is 0 Å². The van der Waals surface area contributed by atoms with Crippen molar-refractivity contribution in [3.63, 3.8) is 0 Å². The van der Waals surface area contributed by atoms with Crippen molar-refractivity contribution < 1.29 is 19.1 Å². The zero-order chi connectivity index (χ0) is 34.5. The van der Waals surface area contributed by atoms with Crippen LogP contribution in [-0.2, 0) is 9.59 Å². The van der Waals surface area contributed by atoms with E-state index in [-0.39, 0.29) is 0 Å². The predicted molar refractivity (Wildman–Crippen MR) is 204 cm³/mol. The summed E-state index contributed by atoms with van der Waals surface area (Å²) in [5.41, 5.74) is 8.74. The summed E-state index contributed by atoms with van der Waals surface area (Å²) in [7, 11) is 0. The molecule has 2 aliphatic heterocycles. The van der Waals surface area contributed by atoms with Crippen LogP contribution in [0.4, 0.5) is 0 Å². The van der Waals surface area contributed by atoms with Gasteiger partial charge in [0.05, 0.1) is 33.2 Å². The molecule has 9 aromatic rings. The maximum atomic E-state index is 13.4. The number of rotatable bonds is 4. The number of nitrogens with zero attached hydrogens (tertiary/aromatic N) is 2. The fraction of sp³-hybridized carbons (Fsp3) is 0. The molecule has 0 N–H and O–H groups in total. The summed E-state index contributed by atoms with van der Waals surface area (Å²) in [6.45, 7) is 0. The van der Waals surface area contributed by atoms with Crippen LogP contribution in [-0.4, -0.2) is 21.1 Å². The molecule has 6 heteroatoms. The number of hydrogen-bond donors (Lipinski definition) is 0. The maximum absolute atomic E-state index is 13.4. The van der Waals surface area contributed by atoms with E-state index in [0.717, 1.165) is 44.6 Å². The first-order valence-electron chi connectivity index (χ1n) is 17.2. The van der Waals surface area contributed by atoms with Crippen LogP contribution in [0.25, 0.3) is 66.1 Å². The average molecular weight is 671 g/mol. The quantitative estimate of drug-likeness (QED) is 0.140. The van der Waals surface area contributed by atoms with E-state index < -0.39 is 11.9 Å². The molecule has 2 aliphatic rings. The second-order valence-corrected chi connectivity index (χ2v) is 13.2. The number of ether oxygens (including phenoxy) is 2. The molecule has 2 aromatic heterocycles. The summed E-state index contributed by atoms with van der Waals surface area (Å²) < 4.78 is 16.1. The van der Waals surface area contributed by atoms with Gasteiger partial charge in [0, 0.05) is 43.4 Å². The van der Waals surface area contributed by atoms with E-state index in [0.29, 0.717) is 33.1 Å². The number of benzene rings is 7. The van der Waals surface area contributed by atoms with Gasteiger partial charge in [-0.2, -0.15) is 0 Å². The number of esters is 2. The summed E-state index contributed by atoms with van der Waals surface area (Å²) >= 11 is 0. The van der Waals surface area contributed by atoms with Crippen LogP contribution in [0.1, 0.15) is 11.1 Å². The maximum Gasteiger partial charge on any atom is 0.344 e. The van der Waals surface area contributed by atoms with Gasteiger partial charge in [-0.25, -0.2) is 9.59 Å². The zero-order valence-corrected chi connectivity index (χ0v) is 27.5. The number of fused-ring (bicyclic) bond motifs is 8. The highest BCUT2D eigenvalue weighted by Crippen LogP contribution is 2.35. The molecule has 244 valence electrons. The second-order valence-electron chi connectivity index (χ2n) is 13.2. The molecule has 0 bridgehead atoms. The van der Waals surface area contributed by atoms with Crippen molar-refractivity contribution in [1.29, 1.82) is 0 Å². The summed E-state index contributed by atoms with van der Waals surface area (Å²) in [6, 6.07) is 52.8. The van der Waals surface area contributed by atoms with E-state index in [4.69, 9.17) is 9.47 Å². The van der Waals surface area contributed by atoms with Gasteiger partial charge in [-0.3, -0.25) is 0 Å². The Morgan fingerprint density at radius 1 is 0.365 bits per heavy atom. The van der Waals surface area contributed by atoms with Crippen LogP contribution < -0.4 is 19.9 Å². The minimum Gasteiger partial charge on any atom is -0.422 e. The third-order valence-electron chi connectivity index (χ3n) is 10.4. The summed E-state index contributed by atoms with van der Waals surface area (Å²) in [5.74, 6) is -0.0655. The average Bonchev–Trinajstić information content (AvgIpc) is 3.90. The fourth-order valence-corrected chi connectivity index (χ4v) is 8.14. The lowest BCUT2D eigenvalue weighted by Gasteiger charge is -2.09. The Morgan fingerprint density at radius 3 is 1.00 bits per heavy atom. The molecule has 11 rings (SSSR count). The highest BCUT2D eigenvalue weighted by atomic mass is 16.5. The first kappa shape index (κ1) is 28.6. The lowest BCUT2D eigenvalue weighted by Crippen LogP contribution is -2.11. The fourth-order valence-electron chi connectivity index (χ4n) is 8.14. The van der Waals surface area contributed by atoms with E-state index in [9.17, 15) is 9.59 Å². The molecule has 52 heavy (non-hydrogen) atoms. The van der Waals surface area contributed by atoms with E-state index in [1.54, 1.807) is 12.1 Å². The minimum atomic E-state index is -0.438. The molecule has 0 atom stereocenters. The topological polar surface area (TPSA) is 62.5 Å². The normalized spacial score (nSPS) is 13.7. The molecular weight excluding hydrogens is 645 g/mol. The molecule has 0 radical (unpaired) electrons. The van der Waals surface area contributed by atoms with Crippen LogP contribution in [0.15, 0.2) is 158 Å². The van der Waals surface area contributed by atoms with Crippen LogP contribution >= 0.6 is 0 Å². The number of para-hydroxylation sites is 4. The van der Waals surface area contributed by atoms with Crippen molar-refractivity contribution in [2.24, 2.45) is 0 Å². The Balaban J connectivity index is 0.998. The van der Waals surface area contributed by atoms with Crippen LogP contribution in [0.5, 0.6) is 11.5 Å². The van der Waals surface area contributed by atoms with Gasteiger partial charge in [0.15, 0.2) is 0 Å². The molecule has 0 unspecified atom stereocenters. The monoisotopic (exact) mass is 670 g/mol. The van der Waals surface area contributed by atoms with E-state index in [1.165, 1.54) is 21.5 Å². The Labute approximate surface area is 296 Å². The lowest BCUT2D eigenvalue weighted by atomic mass is 10.0. The molecule has 6 nitrogen and oxygen atoms in total. The number of carbonyl (C=O) groups excluding carboxylic acids is 2. The lowest BCUT2D eigenvalue weighted by molar-refractivity contribution is -0.128. The number of hydrogen-bond acceptors (Lipinski definition) is 4. The van der Waals surface area contributed by atoms with Crippen molar-refractivity contribution in [3.8, 4) is 22.9 Å². The van der Waals surface area contributed by atoms with Gasteiger partial charge in [0.25, 0.3) is 0 Å². The van der Waals surface area contributed by atoms with Gasteiger partial charge in [-0.1, -0.05) is 97.1 Å². The minimum absolute atomic E-state index is 0.405. The summed E-state index contributed by atoms with van der Waals surface area (Å²) in [4.78, 5) is 26.8. The van der Waals surface area contributed by atoms with Gasteiger partial charge in [0.1, 0.15) is 11.5 Å². The highest BCUT2D eigenvalue weighted by Gasteiger charge is 2.30. The van der Waals surface area contributed by atoms with Crippen LogP contribution in [0.3, 0.4) is 0 Å². The standard InChI is InChI=1S/C46H26N2O4/c49-45-43(27-17-21-29(22-18-27)47-37-13-5-1-9-31(37)32-10-2-6-14-38(32)47)35-25-42-36(26-41(35)51-45)44(46(50)52-42)28-19-23-30(24-20-28)48-39-15-7-3-11-33(39)34-12-4-8-16-40(34)48/h1-26H. The summed E-state index contributed by atoms with van der Waals surface area (Å²) in [5, 5.41) is 5.94. The van der Waals surface area contributed by atoms with Crippen molar-refractivity contribution in [2.75, 3.05) is 0 Å². The highest BCUT2D eigenvalue weighted by molar-refractivity contribution is 6.21. The zero-order valence-electron chi connectivity index (χ0n) is 27.5. The summed E-state index contributed by atoms with van der Waals surface area (Å²) in [6.07, 6.45) is 0. The first-order chi connectivity index (χ1) is 25.6. The molecule has 0 amide bonds. The Kier molecular flexibility index (Phi) is 5.87. The molecule has 0 saturated carbocycles. The Bertz CT molecular complexity index is 2830. The largest absolute Gasteiger partial charge is 0.422 e. The van der Waals surface area contributed by atoms with Crippen molar-refractivity contribution >= 4 is 66.7 Å². The molecule has 0 aliphatic carbocycles. The number of aromatic nitrogens is 2. The Morgan fingerprint density at radius 2 is 0.673 bits per heavy atom. The smallest absolute Gasteiger partial charge is 0.344 e. The molecule has 7 aromatic carbocycles. The van der Waals surface area contributed by atoms with Crippen molar-refractivity contribution in [3.05, 3.63) is 179 Å². The van der Waals surface area contributed by atoms with E-state index in [2.05, 4.69) is 81.9 Å². The molecule has 0 fully saturated rings. The van der Waals surface area contributed by atoms with E-state index in [1.807, 2.05) is 72.8 Å². The van der Waals surface area contributed by atoms with Gasteiger partial charge in [-0.15, -0.1) is 0 Å². The van der Waals surface area contributed by atoms with Gasteiger partial charge < -0.3 is 18.6 Å². The predicted octanol–water partition coefficient (Wildman–Crippen LogP) is 8.12. The van der Waals surface area contributed by atoms with Gasteiger partial charge >= 0.3 is 11.9 Å². The van der Waals surface area contributed by atoms with Crippen LogP contribution in [0, 0.1) is 0 Å². The Hall–Kier alpha value is -7.18. The first-order valence-corrected chi connectivity index (χ1v) is 17.2. The van der Waals surface area contributed by atoms with Gasteiger partial charge in [-0.05, 0) is 71.8 Å². The third-order valence-corrected chi connectivity index (χ3v) is 10.4. The number of carbonyl (C=O) groups is 2. The van der Waals surface area contributed by atoms with Gasteiger partial charge in [0.2, 0.25) is 0 Å².